The second kappa shape index (κ2) is 10.2. The van der Waals surface area contributed by atoms with Gasteiger partial charge in [0.1, 0.15) is 5.75 Å². The van der Waals surface area contributed by atoms with Gasteiger partial charge in [-0.15, -0.1) is 0 Å². The molecule has 0 spiro atoms. The van der Waals surface area contributed by atoms with Crippen molar-refractivity contribution in [2.45, 2.75) is 32.4 Å². The minimum Gasteiger partial charge on any atom is -0.494 e. The number of hydrogen-bond donors (Lipinski definition) is 0. The van der Waals surface area contributed by atoms with Crippen LogP contribution in [0.4, 0.5) is 5.69 Å². The molecule has 32 heavy (non-hydrogen) atoms. The molecule has 4 rings (SSSR count). The molecule has 0 saturated carbocycles. The summed E-state index contributed by atoms with van der Waals surface area (Å²) in [4.78, 5) is 31.5. The molecule has 2 saturated heterocycles. The van der Waals surface area contributed by atoms with Crippen molar-refractivity contribution in [2.24, 2.45) is 0 Å². The molecule has 0 aliphatic carbocycles. The normalized spacial score (nSPS) is 20.2. The van der Waals surface area contributed by atoms with E-state index in [4.69, 9.17) is 27.9 Å². The molecule has 170 valence electrons. The van der Waals surface area contributed by atoms with Crippen LogP contribution in [0.25, 0.3) is 0 Å². The Morgan fingerprint density at radius 3 is 2.38 bits per heavy atom. The molecule has 2 aliphatic heterocycles. The Kier molecular flexibility index (Phi) is 7.36. The van der Waals surface area contributed by atoms with Crippen molar-refractivity contribution < 1.29 is 14.3 Å². The summed E-state index contributed by atoms with van der Waals surface area (Å²) in [5, 5.41) is 1.29. The molecule has 0 aromatic heterocycles. The first-order valence-corrected chi connectivity index (χ1v) is 11.7. The van der Waals surface area contributed by atoms with Crippen molar-refractivity contribution in [3.63, 3.8) is 0 Å². The third-order valence-electron chi connectivity index (χ3n) is 5.95. The fraction of sp³-hybridized carbons (Fsp3) is 0.417. The van der Waals surface area contributed by atoms with Gasteiger partial charge in [0.2, 0.25) is 5.91 Å². The molecule has 8 heteroatoms. The van der Waals surface area contributed by atoms with E-state index in [2.05, 4.69) is 9.80 Å². The van der Waals surface area contributed by atoms with Gasteiger partial charge in [0.05, 0.1) is 24.8 Å². The smallest absolute Gasteiger partial charge is 0.251 e. The van der Waals surface area contributed by atoms with Crippen LogP contribution in [0, 0.1) is 0 Å². The summed E-state index contributed by atoms with van der Waals surface area (Å²) in [5.74, 6) is 0.437. The van der Waals surface area contributed by atoms with E-state index in [1.54, 1.807) is 30.3 Å². The van der Waals surface area contributed by atoms with E-state index >= 15 is 0 Å². The number of ether oxygens (including phenoxy) is 1. The molecule has 2 fully saturated rings. The standard InChI is InChI=1S/C24H27Cl2N3O3/c1-2-13-32-20-7-5-19(6-8-20)29-23(30)15-22(24(29)31)28-11-9-27(10-12-28)16-17-3-4-18(25)14-21(17)26/h3-8,14,22H,2,9-13,15-16H2,1H3/t22-/m0/s1. The Morgan fingerprint density at radius 1 is 1.00 bits per heavy atom. The van der Waals surface area contributed by atoms with Crippen LogP contribution in [0.3, 0.4) is 0 Å². The minimum atomic E-state index is -0.403. The first-order chi connectivity index (χ1) is 15.5. The third-order valence-corrected chi connectivity index (χ3v) is 6.53. The number of halogens is 2. The molecule has 6 nitrogen and oxygen atoms in total. The Morgan fingerprint density at radius 2 is 1.72 bits per heavy atom. The van der Waals surface area contributed by atoms with Crippen molar-refractivity contribution in [3.05, 3.63) is 58.1 Å². The van der Waals surface area contributed by atoms with Gasteiger partial charge >= 0.3 is 0 Å². The van der Waals surface area contributed by atoms with Crippen LogP contribution in [-0.2, 0) is 16.1 Å². The topological polar surface area (TPSA) is 53.1 Å². The van der Waals surface area contributed by atoms with E-state index in [1.165, 1.54) is 4.90 Å². The summed E-state index contributed by atoms with van der Waals surface area (Å²) in [6.45, 7) is 6.49. The largest absolute Gasteiger partial charge is 0.494 e. The molecule has 2 amide bonds. The average molecular weight is 476 g/mol. The summed E-state index contributed by atoms with van der Waals surface area (Å²) in [6.07, 6.45) is 1.14. The third kappa shape index (κ3) is 5.09. The minimum absolute atomic E-state index is 0.147. The number of rotatable bonds is 7. The maximum Gasteiger partial charge on any atom is 0.251 e. The van der Waals surface area contributed by atoms with Crippen molar-refractivity contribution >= 4 is 40.7 Å². The highest BCUT2D eigenvalue weighted by Crippen LogP contribution is 2.28. The molecule has 2 aromatic rings. The van der Waals surface area contributed by atoms with Crippen LogP contribution < -0.4 is 9.64 Å². The highest BCUT2D eigenvalue weighted by Gasteiger charge is 2.43. The molecule has 2 heterocycles. The molecule has 0 bridgehead atoms. The molecule has 0 unspecified atom stereocenters. The predicted octanol–water partition coefficient (Wildman–Crippen LogP) is 4.23. The van der Waals surface area contributed by atoms with Crippen LogP contribution in [0.15, 0.2) is 42.5 Å². The second-order valence-electron chi connectivity index (χ2n) is 8.18. The number of amides is 2. The summed E-state index contributed by atoms with van der Waals surface area (Å²) in [5.41, 5.74) is 1.64. The molecular weight excluding hydrogens is 449 g/mol. The van der Waals surface area contributed by atoms with Gasteiger partial charge in [-0.05, 0) is 48.4 Å². The lowest BCUT2D eigenvalue weighted by Gasteiger charge is -2.37. The van der Waals surface area contributed by atoms with Crippen LogP contribution in [0.5, 0.6) is 5.75 Å². The number of piperazine rings is 1. The van der Waals surface area contributed by atoms with Crippen LogP contribution >= 0.6 is 23.2 Å². The molecule has 0 radical (unpaired) electrons. The van der Waals surface area contributed by atoms with Gasteiger partial charge in [-0.2, -0.15) is 0 Å². The van der Waals surface area contributed by atoms with Gasteiger partial charge in [-0.1, -0.05) is 36.2 Å². The highest BCUT2D eigenvalue weighted by molar-refractivity contribution is 6.35. The van der Waals surface area contributed by atoms with E-state index < -0.39 is 6.04 Å². The lowest BCUT2D eigenvalue weighted by Crippen LogP contribution is -2.52. The van der Waals surface area contributed by atoms with Crippen LogP contribution in [0.2, 0.25) is 10.0 Å². The van der Waals surface area contributed by atoms with Gasteiger partial charge in [0.25, 0.3) is 5.91 Å². The van der Waals surface area contributed by atoms with Crippen LogP contribution in [0.1, 0.15) is 25.3 Å². The predicted molar refractivity (Wildman–Crippen MR) is 126 cm³/mol. The van der Waals surface area contributed by atoms with Crippen molar-refractivity contribution in [2.75, 3.05) is 37.7 Å². The summed E-state index contributed by atoms with van der Waals surface area (Å²) < 4.78 is 5.59. The van der Waals surface area contributed by atoms with Crippen LogP contribution in [-0.4, -0.2) is 60.4 Å². The van der Waals surface area contributed by atoms with E-state index in [-0.39, 0.29) is 18.2 Å². The number of benzene rings is 2. The zero-order valence-electron chi connectivity index (χ0n) is 18.1. The van der Waals surface area contributed by atoms with Gasteiger partial charge in [-0.3, -0.25) is 19.4 Å². The lowest BCUT2D eigenvalue weighted by molar-refractivity contribution is -0.123. The van der Waals surface area contributed by atoms with E-state index in [9.17, 15) is 9.59 Å². The quantitative estimate of drug-likeness (QED) is 0.560. The number of nitrogens with zero attached hydrogens (tertiary/aromatic N) is 3. The molecular formula is C24H27Cl2N3O3. The molecule has 1 atom stereocenters. The summed E-state index contributed by atoms with van der Waals surface area (Å²) in [7, 11) is 0. The lowest BCUT2D eigenvalue weighted by atomic mass is 10.1. The van der Waals surface area contributed by atoms with E-state index in [1.807, 2.05) is 19.1 Å². The highest BCUT2D eigenvalue weighted by atomic mass is 35.5. The second-order valence-corrected chi connectivity index (χ2v) is 9.02. The van der Waals surface area contributed by atoms with Crippen molar-refractivity contribution in [1.29, 1.82) is 0 Å². The average Bonchev–Trinajstić information content (AvgIpc) is 3.09. The van der Waals surface area contributed by atoms with Gasteiger partial charge in [0.15, 0.2) is 0 Å². The fourth-order valence-electron chi connectivity index (χ4n) is 4.21. The number of carbonyl (C=O) groups is 2. The van der Waals surface area contributed by atoms with Crippen molar-refractivity contribution in [3.8, 4) is 5.75 Å². The van der Waals surface area contributed by atoms with E-state index in [0.29, 0.717) is 22.3 Å². The van der Waals surface area contributed by atoms with Crippen molar-refractivity contribution in [1.82, 2.24) is 9.80 Å². The Hall–Kier alpha value is -2.12. The number of hydrogen-bond acceptors (Lipinski definition) is 5. The maximum absolute atomic E-state index is 13.1. The maximum atomic E-state index is 13.1. The number of anilines is 1. The molecule has 2 aromatic carbocycles. The van der Waals surface area contributed by atoms with Gasteiger partial charge < -0.3 is 4.74 Å². The zero-order valence-corrected chi connectivity index (χ0v) is 19.6. The number of imide groups is 1. The SMILES string of the molecule is CCCOc1ccc(N2C(=O)C[C@H](N3CCN(Cc4ccc(Cl)cc4Cl)CC3)C2=O)cc1. The zero-order chi connectivity index (χ0) is 22.7. The Balaban J connectivity index is 1.35. The first-order valence-electron chi connectivity index (χ1n) is 11.0. The fourth-order valence-corrected chi connectivity index (χ4v) is 4.68. The van der Waals surface area contributed by atoms with E-state index in [0.717, 1.165) is 50.5 Å². The first kappa shape index (κ1) is 23.1. The molecule has 0 N–H and O–H groups in total. The van der Waals surface area contributed by atoms with Gasteiger partial charge in [-0.25, -0.2) is 4.90 Å². The Labute approximate surface area is 198 Å². The molecule has 2 aliphatic rings. The monoisotopic (exact) mass is 475 g/mol. The Bertz CT molecular complexity index is 975. The van der Waals surface area contributed by atoms with Gasteiger partial charge in [0, 0.05) is 42.8 Å². The summed E-state index contributed by atoms with van der Waals surface area (Å²) >= 11 is 12.3. The number of carbonyl (C=O) groups excluding carboxylic acids is 2. The summed E-state index contributed by atoms with van der Waals surface area (Å²) in [6, 6.07) is 12.3.